The van der Waals surface area contributed by atoms with E-state index in [9.17, 15) is 17.6 Å². The van der Waals surface area contributed by atoms with Crippen LogP contribution in [-0.2, 0) is 0 Å². The van der Waals surface area contributed by atoms with Gasteiger partial charge in [0.25, 0.3) is 0 Å². The Morgan fingerprint density at radius 3 is 2.32 bits per heavy atom. The van der Waals surface area contributed by atoms with Gasteiger partial charge >= 0.3 is 6.18 Å². The van der Waals surface area contributed by atoms with Gasteiger partial charge in [-0.05, 0) is 36.5 Å². The molecule has 1 aliphatic rings. The molecule has 1 fully saturated rings. The van der Waals surface area contributed by atoms with Gasteiger partial charge in [-0.3, -0.25) is 0 Å². The third-order valence-corrected chi connectivity index (χ3v) is 3.46. The van der Waals surface area contributed by atoms with Gasteiger partial charge in [-0.15, -0.1) is 0 Å². The molecule has 106 valence electrons. The SMILES string of the molecule is OC(CNC1CC(c2ccc(F)cc2)C1)C(F)(F)F. The lowest BCUT2D eigenvalue weighted by atomic mass is 9.76. The highest BCUT2D eigenvalue weighted by Gasteiger charge is 2.39. The number of benzene rings is 1. The first-order valence-corrected chi connectivity index (χ1v) is 6.10. The molecule has 0 saturated heterocycles. The largest absolute Gasteiger partial charge is 0.415 e. The number of alkyl halides is 3. The number of hydrogen-bond acceptors (Lipinski definition) is 2. The van der Waals surface area contributed by atoms with E-state index in [2.05, 4.69) is 5.32 Å². The molecule has 2 nitrogen and oxygen atoms in total. The summed E-state index contributed by atoms with van der Waals surface area (Å²) in [5, 5.41) is 11.5. The average molecular weight is 277 g/mol. The topological polar surface area (TPSA) is 32.3 Å². The highest BCUT2D eigenvalue weighted by Crippen LogP contribution is 2.37. The van der Waals surface area contributed by atoms with Crippen molar-refractivity contribution in [3.63, 3.8) is 0 Å². The number of halogens is 4. The Balaban J connectivity index is 1.73. The van der Waals surface area contributed by atoms with Crippen molar-refractivity contribution in [2.24, 2.45) is 0 Å². The lowest BCUT2D eigenvalue weighted by Gasteiger charge is -2.37. The van der Waals surface area contributed by atoms with Gasteiger partial charge in [-0.2, -0.15) is 13.2 Å². The number of hydrogen-bond donors (Lipinski definition) is 2. The Kier molecular flexibility index (Phi) is 4.10. The zero-order chi connectivity index (χ0) is 14.0. The van der Waals surface area contributed by atoms with Crippen molar-refractivity contribution in [3.05, 3.63) is 35.6 Å². The van der Waals surface area contributed by atoms with E-state index in [0.29, 0.717) is 12.8 Å². The average Bonchev–Trinajstić information content (AvgIpc) is 2.27. The maximum Gasteiger partial charge on any atom is 0.415 e. The van der Waals surface area contributed by atoms with Crippen LogP contribution in [0.3, 0.4) is 0 Å². The number of aliphatic hydroxyl groups is 1. The lowest BCUT2D eigenvalue weighted by molar-refractivity contribution is -0.202. The molecular formula is C13H15F4NO. The Morgan fingerprint density at radius 1 is 1.21 bits per heavy atom. The van der Waals surface area contributed by atoms with Crippen LogP contribution in [0.15, 0.2) is 24.3 Å². The zero-order valence-electron chi connectivity index (χ0n) is 10.1. The smallest absolute Gasteiger partial charge is 0.382 e. The minimum absolute atomic E-state index is 0.0212. The normalized spacial score (nSPS) is 24.9. The summed E-state index contributed by atoms with van der Waals surface area (Å²) in [6.45, 7) is -0.482. The van der Waals surface area contributed by atoms with Crippen LogP contribution in [0, 0.1) is 5.82 Å². The zero-order valence-corrected chi connectivity index (χ0v) is 10.1. The van der Waals surface area contributed by atoms with E-state index < -0.39 is 18.8 Å². The molecule has 2 rings (SSSR count). The predicted octanol–water partition coefficient (Wildman–Crippen LogP) is 2.58. The minimum Gasteiger partial charge on any atom is -0.382 e. The minimum atomic E-state index is -4.58. The fraction of sp³-hybridized carbons (Fsp3) is 0.538. The van der Waals surface area contributed by atoms with Crippen molar-refractivity contribution in [1.29, 1.82) is 0 Å². The molecule has 0 heterocycles. The van der Waals surface area contributed by atoms with Crippen LogP contribution in [-0.4, -0.2) is 30.0 Å². The number of nitrogens with one attached hydrogen (secondary N) is 1. The molecule has 0 aromatic heterocycles. The van der Waals surface area contributed by atoms with Gasteiger partial charge < -0.3 is 10.4 Å². The lowest BCUT2D eigenvalue weighted by Crippen LogP contribution is -2.46. The van der Waals surface area contributed by atoms with E-state index in [4.69, 9.17) is 5.11 Å². The number of aliphatic hydroxyl groups excluding tert-OH is 1. The van der Waals surface area contributed by atoms with Gasteiger partial charge in [0.1, 0.15) is 5.82 Å². The molecule has 0 radical (unpaired) electrons. The first-order valence-electron chi connectivity index (χ1n) is 6.10. The second-order valence-corrected chi connectivity index (χ2v) is 4.88. The van der Waals surface area contributed by atoms with Gasteiger partial charge in [0.2, 0.25) is 0 Å². The monoisotopic (exact) mass is 277 g/mol. The summed E-state index contributed by atoms with van der Waals surface area (Å²) >= 11 is 0. The van der Waals surface area contributed by atoms with Gasteiger partial charge in [0.05, 0.1) is 0 Å². The van der Waals surface area contributed by atoms with Crippen molar-refractivity contribution >= 4 is 0 Å². The quantitative estimate of drug-likeness (QED) is 0.829. The molecule has 0 aliphatic heterocycles. The van der Waals surface area contributed by atoms with E-state index in [1.54, 1.807) is 12.1 Å². The van der Waals surface area contributed by atoms with E-state index in [-0.39, 0.29) is 17.8 Å². The summed E-state index contributed by atoms with van der Waals surface area (Å²) in [5.74, 6) is -0.0489. The van der Waals surface area contributed by atoms with Crippen molar-refractivity contribution in [1.82, 2.24) is 5.32 Å². The second kappa shape index (κ2) is 5.46. The van der Waals surface area contributed by atoms with Crippen molar-refractivity contribution in [2.45, 2.75) is 37.1 Å². The predicted molar refractivity (Wildman–Crippen MR) is 62.2 cm³/mol. The fourth-order valence-corrected chi connectivity index (χ4v) is 2.19. The van der Waals surface area contributed by atoms with Crippen molar-refractivity contribution < 1.29 is 22.7 Å². The molecule has 1 aromatic carbocycles. The molecule has 6 heteroatoms. The fourth-order valence-electron chi connectivity index (χ4n) is 2.19. The molecule has 1 aliphatic carbocycles. The van der Waals surface area contributed by atoms with Crippen LogP contribution in [0.2, 0.25) is 0 Å². The summed E-state index contributed by atoms with van der Waals surface area (Å²) in [7, 11) is 0. The standard InChI is InChI=1S/C13H15F4NO/c14-10-3-1-8(2-4-10)9-5-11(6-9)18-7-12(19)13(15,16)17/h1-4,9,11-12,18-19H,5-7H2. The Hall–Kier alpha value is -1.14. The van der Waals surface area contributed by atoms with Crippen LogP contribution >= 0.6 is 0 Å². The summed E-state index contributed by atoms with van der Waals surface area (Å²) in [6, 6.07) is 6.13. The number of rotatable bonds is 4. The maximum absolute atomic E-state index is 12.7. The highest BCUT2D eigenvalue weighted by atomic mass is 19.4. The van der Waals surface area contributed by atoms with Crippen LogP contribution in [0.25, 0.3) is 0 Å². The first-order chi connectivity index (χ1) is 8.86. The van der Waals surface area contributed by atoms with Crippen LogP contribution in [0.4, 0.5) is 17.6 Å². The molecule has 1 atom stereocenters. The molecule has 0 spiro atoms. The highest BCUT2D eigenvalue weighted by molar-refractivity contribution is 5.23. The van der Waals surface area contributed by atoms with Crippen molar-refractivity contribution in [3.8, 4) is 0 Å². The molecular weight excluding hydrogens is 262 g/mol. The Morgan fingerprint density at radius 2 is 1.79 bits per heavy atom. The molecule has 1 aromatic rings. The Labute approximate surface area is 108 Å². The van der Waals surface area contributed by atoms with Gasteiger partial charge in [-0.1, -0.05) is 12.1 Å². The molecule has 19 heavy (non-hydrogen) atoms. The van der Waals surface area contributed by atoms with Crippen LogP contribution in [0.1, 0.15) is 24.3 Å². The van der Waals surface area contributed by atoms with E-state index in [0.717, 1.165) is 5.56 Å². The van der Waals surface area contributed by atoms with Gasteiger partial charge in [0.15, 0.2) is 6.10 Å². The summed E-state index contributed by atoms with van der Waals surface area (Å²) in [6.07, 6.45) is -5.49. The molecule has 0 bridgehead atoms. The van der Waals surface area contributed by atoms with Gasteiger partial charge in [-0.25, -0.2) is 4.39 Å². The molecule has 1 saturated carbocycles. The summed E-state index contributed by atoms with van der Waals surface area (Å²) < 4.78 is 48.9. The van der Waals surface area contributed by atoms with Gasteiger partial charge in [0, 0.05) is 12.6 Å². The third-order valence-electron chi connectivity index (χ3n) is 3.46. The molecule has 0 amide bonds. The second-order valence-electron chi connectivity index (χ2n) is 4.88. The molecule has 1 unspecified atom stereocenters. The third kappa shape index (κ3) is 3.67. The summed E-state index contributed by atoms with van der Waals surface area (Å²) in [4.78, 5) is 0. The van der Waals surface area contributed by atoms with E-state index in [1.807, 2.05) is 0 Å². The van der Waals surface area contributed by atoms with E-state index in [1.165, 1.54) is 12.1 Å². The van der Waals surface area contributed by atoms with Crippen LogP contribution < -0.4 is 5.32 Å². The van der Waals surface area contributed by atoms with E-state index >= 15 is 0 Å². The Bertz CT molecular complexity index is 412. The first kappa shape index (κ1) is 14.3. The van der Waals surface area contributed by atoms with Crippen molar-refractivity contribution in [2.75, 3.05) is 6.54 Å². The maximum atomic E-state index is 12.7. The van der Waals surface area contributed by atoms with Crippen LogP contribution in [0.5, 0.6) is 0 Å². The summed E-state index contributed by atoms with van der Waals surface area (Å²) in [5.41, 5.74) is 0.996. The molecule has 2 N–H and O–H groups in total.